The molecule has 0 bridgehead atoms. The van der Waals surface area contributed by atoms with Crippen LogP contribution in [0.15, 0.2) is 67.3 Å². The zero-order valence-electron chi connectivity index (χ0n) is 13.2. The molecule has 5 nitrogen and oxygen atoms in total. The number of nitrogens with one attached hydrogen (secondary N) is 1. The number of amides is 1. The summed E-state index contributed by atoms with van der Waals surface area (Å²) in [5.74, 6) is -0.274. The Morgan fingerprint density at radius 3 is 2.42 bits per heavy atom. The Bertz CT molecular complexity index is 680. The van der Waals surface area contributed by atoms with Crippen LogP contribution >= 0.6 is 0 Å². The van der Waals surface area contributed by atoms with E-state index in [-0.39, 0.29) is 12.5 Å². The second kappa shape index (κ2) is 9.15. The Kier molecular flexibility index (Phi) is 6.58. The maximum atomic E-state index is 11.9. The van der Waals surface area contributed by atoms with Gasteiger partial charge in [-0.1, -0.05) is 36.4 Å². The highest BCUT2D eigenvalue weighted by atomic mass is 16.5. The number of hydrogen-bond acceptors (Lipinski definition) is 4. The topological polar surface area (TPSA) is 64.6 Å². The van der Waals surface area contributed by atoms with E-state index in [1.165, 1.54) is 0 Å². The summed E-state index contributed by atoms with van der Waals surface area (Å²) in [6.07, 6.45) is 1.55. The van der Waals surface area contributed by atoms with Crippen LogP contribution in [0.2, 0.25) is 0 Å². The molecule has 1 N–H and O–H groups in total. The van der Waals surface area contributed by atoms with Crippen molar-refractivity contribution in [3.63, 3.8) is 0 Å². The van der Waals surface area contributed by atoms with Crippen LogP contribution in [-0.4, -0.2) is 25.0 Å². The molecule has 2 aromatic rings. The van der Waals surface area contributed by atoms with Gasteiger partial charge in [-0.05, 0) is 29.8 Å². The fourth-order valence-corrected chi connectivity index (χ4v) is 1.88. The van der Waals surface area contributed by atoms with Crippen LogP contribution < -0.4 is 10.1 Å². The average Bonchev–Trinajstić information content (AvgIpc) is 2.64. The highest BCUT2D eigenvalue weighted by molar-refractivity contribution is 5.91. The van der Waals surface area contributed by atoms with Crippen molar-refractivity contribution in [2.75, 3.05) is 13.2 Å². The lowest BCUT2D eigenvalue weighted by molar-refractivity contribution is -0.124. The van der Waals surface area contributed by atoms with Gasteiger partial charge < -0.3 is 14.8 Å². The van der Waals surface area contributed by atoms with Crippen molar-refractivity contribution >= 4 is 11.9 Å². The van der Waals surface area contributed by atoms with Gasteiger partial charge >= 0.3 is 5.97 Å². The molecule has 0 spiro atoms. The SMILES string of the molecule is C=CCNC(=O)COC(=O)c1ccc(OCc2ccccc2)cc1. The van der Waals surface area contributed by atoms with E-state index in [0.29, 0.717) is 24.5 Å². The molecule has 0 unspecified atom stereocenters. The predicted octanol–water partition coefficient (Wildman–Crippen LogP) is 2.72. The zero-order valence-corrected chi connectivity index (χ0v) is 13.2. The Balaban J connectivity index is 1.81. The van der Waals surface area contributed by atoms with Crippen LogP contribution in [0.3, 0.4) is 0 Å². The molecule has 5 heteroatoms. The number of benzene rings is 2. The summed E-state index contributed by atoms with van der Waals surface area (Å²) in [6, 6.07) is 16.4. The number of carbonyl (C=O) groups excluding carboxylic acids is 2. The maximum absolute atomic E-state index is 11.9. The second-order valence-electron chi connectivity index (χ2n) is 4.97. The van der Waals surface area contributed by atoms with Gasteiger partial charge in [-0.15, -0.1) is 6.58 Å². The molecule has 0 aliphatic carbocycles. The molecule has 0 atom stereocenters. The molecule has 124 valence electrons. The van der Waals surface area contributed by atoms with Crippen molar-refractivity contribution in [3.05, 3.63) is 78.4 Å². The van der Waals surface area contributed by atoms with Crippen molar-refractivity contribution in [2.45, 2.75) is 6.61 Å². The van der Waals surface area contributed by atoms with Crippen LogP contribution in [0.25, 0.3) is 0 Å². The van der Waals surface area contributed by atoms with Crippen LogP contribution in [0.4, 0.5) is 0 Å². The smallest absolute Gasteiger partial charge is 0.338 e. The monoisotopic (exact) mass is 325 g/mol. The minimum atomic E-state index is -0.557. The Morgan fingerprint density at radius 2 is 1.75 bits per heavy atom. The van der Waals surface area contributed by atoms with Gasteiger partial charge in [0.15, 0.2) is 6.61 Å². The van der Waals surface area contributed by atoms with Gasteiger partial charge in [-0.3, -0.25) is 4.79 Å². The minimum absolute atomic E-state index is 0.321. The van der Waals surface area contributed by atoms with Crippen LogP contribution in [0.5, 0.6) is 5.75 Å². The van der Waals surface area contributed by atoms with Crippen LogP contribution in [0, 0.1) is 0 Å². The fourth-order valence-electron chi connectivity index (χ4n) is 1.88. The van der Waals surface area contributed by atoms with Crippen molar-refractivity contribution in [2.24, 2.45) is 0 Å². The molecule has 0 saturated carbocycles. The van der Waals surface area contributed by atoms with Gasteiger partial charge in [0.1, 0.15) is 12.4 Å². The largest absolute Gasteiger partial charge is 0.489 e. The third-order valence-electron chi connectivity index (χ3n) is 3.12. The molecular weight excluding hydrogens is 306 g/mol. The quantitative estimate of drug-likeness (QED) is 0.599. The molecule has 2 aromatic carbocycles. The average molecular weight is 325 g/mol. The Morgan fingerprint density at radius 1 is 1.04 bits per heavy atom. The number of ether oxygens (including phenoxy) is 2. The molecule has 24 heavy (non-hydrogen) atoms. The van der Waals surface area contributed by atoms with Crippen LogP contribution in [0.1, 0.15) is 15.9 Å². The van der Waals surface area contributed by atoms with Gasteiger partial charge in [-0.2, -0.15) is 0 Å². The summed E-state index contributed by atoms with van der Waals surface area (Å²) < 4.78 is 10.6. The molecule has 0 radical (unpaired) electrons. The molecule has 2 rings (SSSR count). The molecule has 0 saturated heterocycles. The molecule has 0 fully saturated rings. The van der Waals surface area contributed by atoms with Crippen molar-refractivity contribution in [1.29, 1.82) is 0 Å². The van der Waals surface area contributed by atoms with Gasteiger partial charge in [0.05, 0.1) is 5.56 Å². The first-order valence-corrected chi connectivity index (χ1v) is 7.50. The molecular formula is C19H19NO4. The summed E-state index contributed by atoms with van der Waals surface area (Å²) in [5, 5.41) is 2.53. The molecule has 1 amide bonds. The molecule has 0 aliphatic heterocycles. The lowest BCUT2D eigenvalue weighted by Crippen LogP contribution is -2.28. The fraction of sp³-hybridized carbons (Fsp3) is 0.158. The van der Waals surface area contributed by atoms with E-state index in [0.717, 1.165) is 5.56 Å². The maximum Gasteiger partial charge on any atom is 0.338 e. The van der Waals surface area contributed by atoms with Gasteiger partial charge in [0.2, 0.25) is 0 Å². The lowest BCUT2D eigenvalue weighted by atomic mass is 10.2. The third-order valence-corrected chi connectivity index (χ3v) is 3.12. The third kappa shape index (κ3) is 5.61. The number of rotatable bonds is 8. The van der Waals surface area contributed by atoms with E-state index in [2.05, 4.69) is 11.9 Å². The molecule has 0 aliphatic rings. The molecule has 0 heterocycles. The van der Waals surface area contributed by atoms with Crippen molar-refractivity contribution in [3.8, 4) is 5.75 Å². The highest BCUT2D eigenvalue weighted by Gasteiger charge is 2.09. The van der Waals surface area contributed by atoms with E-state index in [9.17, 15) is 9.59 Å². The predicted molar refractivity (Wildman–Crippen MR) is 90.7 cm³/mol. The van der Waals surface area contributed by atoms with E-state index in [1.807, 2.05) is 30.3 Å². The summed E-state index contributed by atoms with van der Waals surface area (Å²) in [5.41, 5.74) is 1.42. The van der Waals surface area contributed by atoms with Gasteiger partial charge in [0, 0.05) is 6.54 Å². The number of hydrogen-bond donors (Lipinski definition) is 1. The van der Waals surface area contributed by atoms with Crippen molar-refractivity contribution < 1.29 is 19.1 Å². The Hall–Kier alpha value is -3.08. The lowest BCUT2D eigenvalue weighted by Gasteiger charge is -2.08. The second-order valence-corrected chi connectivity index (χ2v) is 4.97. The zero-order chi connectivity index (χ0) is 17.2. The van der Waals surface area contributed by atoms with Gasteiger partial charge in [0.25, 0.3) is 5.91 Å². The van der Waals surface area contributed by atoms with E-state index in [1.54, 1.807) is 30.3 Å². The van der Waals surface area contributed by atoms with E-state index in [4.69, 9.17) is 9.47 Å². The minimum Gasteiger partial charge on any atom is -0.489 e. The number of esters is 1. The first-order valence-electron chi connectivity index (χ1n) is 7.50. The molecule has 0 aromatic heterocycles. The van der Waals surface area contributed by atoms with E-state index >= 15 is 0 Å². The van der Waals surface area contributed by atoms with Crippen LogP contribution in [-0.2, 0) is 16.1 Å². The first kappa shape index (κ1) is 17.3. The van der Waals surface area contributed by atoms with E-state index < -0.39 is 5.97 Å². The number of carbonyl (C=O) groups is 2. The summed E-state index contributed by atoms with van der Waals surface area (Å²) in [4.78, 5) is 23.2. The highest BCUT2D eigenvalue weighted by Crippen LogP contribution is 2.14. The standard InChI is InChI=1S/C19H19NO4/c1-2-12-20-18(21)14-24-19(22)16-8-10-17(11-9-16)23-13-15-6-4-3-5-7-15/h2-11H,1,12-14H2,(H,20,21). The Labute approximate surface area is 140 Å². The summed E-state index contributed by atoms with van der Waals surface area (Å²) >= 11 is 0. The first-order chi connectivity index (χ1) is 11.7. The summed E-state index contributed by atoms with van der Waals surface area (Å²) in [7, 11) is 0. The van der Waals surface area contributed by atoms with Crippen molar-refractivity contribution in [1.82, 2.24) is 5.32 Å². The summed E-state index contributed by atoms with van der Waals surface area (Å²) in [6.45, 7) is 3.95. The van der Waals surface area contributed by atoms with Gasteiger partial charge in [-0.25, -0.2) is 4.79 Å². The normalized spacial score (nSPS) is 9.83.